The fourth-order valence-corrected chi connectivity index (χ4v) is 2.64. The second-order valence-corrected chi connectivity index (χ2v) is 5.52. The molecule has 0 bridgehead atoms. The van der Waals surface area contributed by atoms with E-state index < -0.39 is 4.92 Å². The first kappa shape index (κ1) is 14.7. The zero-order valence-electron chi connectivity index (χ0n) is 11.7. The molecule has 0 spiro atoms. The lowest BCUT2D eigenvalue weighted by molar-refractivity contribution is -0.384. The Balaban J connectivity index is 1.74. The zero-order chi connectivity index (χ0) is 16.2. The van der Waals surface area contributed by atoms with E-state index in [9.17, 15) is 10.1 Å². The first-order valence-corrected chi connectivity index (χ1v) is 7.46. The van der Waals surface area contributed by atoms with Crippen molar-refractivity contribution in [1.82, 2.24) is 4.98 Å². The van der Waals surface area contributed by atoms with Gasteiger partial charge in [0.15, 0.2) is 0 Å². The minimum absolute atomic E-state index is 0.117. The van der Waals surface area contributed by atoms with Gasteiger partial charge in [-0.25, -0.2) is 4.98 Å². The van der Waals surface area contributed by atoms with Gasteiger partial charge in [-0.05, 0) is 17.5 Å². The van der Waals surface area contributed by atoms with Gasteiger partial charge in [0.2, 0.25) is 5.89 Å². The third kappa shape index (κ3) is 3.20. The van der Waals surface area contributed by atoms with Gasteiger partial charge in [0.25, 0.3) is 5.69 Å². The number of hydrogen-bond acceptors (Lipinski definition) is 7. The van der Waals surface area contributed by atoms with Gasteiger partial charge >= 0.3 is 0 Å². The van der Waals surface area contributed by atoms with Crippen LogP contribution < -0.4 is 5.32 Å². The molecular weight excluding hydrogens is 316 g/mol. The fraction of sp³-hybridized carbons (Fsp3) is 0.0667. The molecule has 114 valence electrons. The maximum absolute atomic E-state index is 10.7. The van der Waals surface area contributed by atoms with E-state index in [0.717, 1.165) is 4.88 Å². The number of aromatic nitrogens is 1. The van der Waals surface area contributed by atoms with Crippen LogP contribution in [0.25, 0.3) is 10.8 Å². The van der Waals surface area contributed by atoms with Crippen molar-refractivity contribution in [2.24, 2.45) is 0 Å². The van der Waals surface area contributed by atoms with Gasteiger partial charge in [0.05, 0.1) is 33.3 Å². The Bertz CT molecular complexity index is 881. The predicted octanol–water partition coefficient (Wildman–Crippen LogP) is 3.80. The van der Waals surface area contributed by atoms with Crippen LogP contribution in [0, 0.1) is 21.4 Å². The maximum atomic E-state index is 10.7. The topological polar surface area (TPSA) is 105 Å². The summed E-state index contributed by atoms with van der Waals surface area (Å²) < 4.78 is 5.41. The highest BCUT2D eigenvalue weighted by Crippen LogP contribution is 2.25. The Morgan fingerprint density at radius 3 is 3.00 bits per heavy atom. The lowest BCUT2D eigenvalue weighted by atomic mass is 10.1. The summed E-state index contributed by atoms with van der Waals surface area (Å²) in [7, 11) is 0. The standard InChI is InChI=1S/C15H10N4O3S/c16-7-10-6-12(19(20)21)3-4-13(10)17-8-11-9-22-15(18-11)14-2-1-5-23-14/h1-6,9,17H,8H2. The Morgan fingerprint density at radius 2 is 2.30 bits per heavy atom. The van der Waals surface area contributed by atoms with Gasteiger partial charge in [-0.3, -0.25) is 10.1 Å². The van der Waals surface area contributed by atoms with Crippen LogP contribution in [0.15, 0.2) is 46.4 Å². The molecule has 0 atom stereocenters. The average molecular weight is 326 g/mol. The number of benzene rings is 1. The number of non-ortho nitro benzene ring substituents is 1. The molecule has 2 heterocycles. The van der Waals surface area contributed by atoms with Crippen LogP contribution in [-0.4, -0.2) is 9.91 Å². The summed E-state index contributed by atoms with van der Waals surface area (Å²) in [5, 5.41) is 24.8. The molecule has 23 heavy (non-hydrogen) atoms. The Kier molecular flexibility index (Phi) is 4.03. The van der Waals surface area contributed by atoms with E-state index >= 15 is 0 Å². The molecule has 1 N–H and O–H groups in total. The fourth-order valence-electron chi connectivity index (χ4n) is 1.98. The van der Waals surface area contributed by atoms with E-state index in [1.807, 2.05) is 23.6 Å². The third-order valence-corrected chi connectivity index (χ3v) is 3.94. The minimum Gasteiger partial charge on any atom is -0.443 e. The highest BCUT2D eigenvalue weighted by molar-refractivity contribution is 7.13. The molecule has 3 aromatic rings. The second kappa shape index (κ2) is 6.29. The summed E-state index contributed by atoms with van der Waals surface area (Å²) in [5.41, 5.74) is 1.28. The Hall–Kier alpha value is -3.18. The van der Waals surface area contributed by atoms with Crippen LogP contribution >= 0.6 is 11.3 Å². The van der Waals surface area contributed by atoms with E-state index in [-0.39, 0.29) is 11.3 Å². The van der Waals surface area contributed by atoms with E-state index in [4.69, 9.17) is 9.68 Å². The molecule has 1 aromatic carbocycles. The van der Waals surface area contributed by atoms with Crippen LogP contribution in [-0.2, 0) is 6.54 Å². The molecule has 0 amide bonds. The monoisotopic (exact) mass is 326 g/mol. The summed E-state index contributed by atoms with van der Waals surface area (Å²) in [4.78, 5) is 15.5. The number of anilines is 1. The smallest absolute Gasteiger partial charge is 0.270 e. The zero-order valence-corrected chi connectivity index (χ0v) is 12.5. The van der Waals surface area contributed by atoms with Crippen molar-refractivity contribution in [1.29, 1.82) is 5.26 Å². The molecular formula is C15H10N4O3S. The van der Waals surface area contributed by atoms with Crippen LogP contribution in [0.4, 0.5) is 11.4 Å². The predicted molar refractivity (Wildman–Crippen MR) is 85.0 cm³/mol. The number of nitrogens with zero attached hydrogens (tertiary/aromatic N) is 3. The SMILES string of the molecule is N#Cc1cc([N+](=O)[O-])ccc1NCc1coc(-c2cccs2)n1. The molecule has 0 saturated heterocycles. The molecule has 0 saturated carbocycles. The van der Waals surface area contributed by atoms with Crippen molar-refractivity contribution in [3.8, 4) is 16.8 Å². The summed E-state index contributed by atoms with van der Waals surface area (Å²) in [5.74, 6) is 0.543. The van der Waals surface area contributed by atoms with E-state index in [1.54, 1.807) is 6.26 Å². The molecule has 0 unspecified atom stereocenters. The second-order valence-electron chi connectivity index (χ2n) is 4.57. The minimum atomic E-state index is -0.532. The van der Waals surface area contributed by atoms with Crippen molar-refractivity contribution in [2.75, 3.05) is 5.32 Å². The molecule has 0 radical (unpaired) electrons. The average Bonchev–Trinajstić information content (AvgIpc) is 3.23. The Morgan fingerprint density at radius 1 is 1.43 bits per heavy atom. The number of nitro benzene ring substituents is 1. The van der Waals surface area contributed by atoms with Crippen molar-refractivity contribution >= 4 is 22.7 Å². The summed E-state index contributed by atoms with van der Waals surface area (Å²) in [6.07, 6.45) is 1.54. The number of rotatable bonds is 5. The quantitative estimate of drug-likeness (QED) is 0.565. The normalized spacial score (nSPS) is 10.2. The lowest BCUT2D eigenvalue weighted by Gasteiger charge is -2.05. The number of hydrogen-bond donors (Lipinski definition) is 1. The first-order valence-electron chi connectivity index (χ1n) is 6.58. The molecule has 0 aliphatic rings. The van der Waals surface area contributed by atoms with E-state index in [0.29, 0.717) is 23.8 Å². The van der Waals surface area contributed by atoms with Crippen LogP contribution in [0.2, 0.25) is 0 Å². The lowest BCUT2D eigenvalue weighted by Crippen LogP contribution is -2.02. The number of nitro groups is 1. The van der Waals surface area contributed by atoms with Crippen LogP contribution in [0.1, 0.15) is 11.3 Å². The van der Waals surface area contributed by atoms with Gasteiger partial charge < -0.3 is 9.73 Å². The van der Waals surface area contributed by atoms with Gasteiger partial charge in [0, 0.05) is 12.1 Å². The number of thiophene rings is 1. The largest absolute Gasteiger partial charge is 0.443 e. The number of oxazole rings is 1. The molecule has 0 aliphatic heterocycles. The van der Waals surface area contributed by atoms with E-state index in [2.05, 4.69) is 10.3 Å². The summed E-state index contributed by atoms with van der Waals surface area (Å²) in [6, 6.07) is 9.87. The van der Waals surface area contributed by atoms with E-state index in [1.165, 1.54) is 29.5 Å². The van der Waals surface area contributed by atoms with Gasteiger partial charge in [0.1, 0.15) is 12.3 Å². The highest BCUT2D eigenvalue weighted by Gasteiger charge is 2.12. The molecule has 8 heteroatoms. The van der Waals surface area contributed by atoms with Crippen molar-refractivity contribution < 1.29 is 9.34 Å². The first-order chi connectivity index (χ1) is 11.2. The van der Waals surface area contributed by atoms with Gasteiger partial charge in [-0.1, -0.05) is 6.07 Å². The molecule has 0 fully saturated rings. The van der Waals surface area contributed by atoms with Gasteiger partial charge in [-0.15, -0.1) is 11.3 Å². The third-order valence-electron chi connectivity index (χ3n) is 3.08. The molecule has 2 aromatic heterocycles. The van der Waals surface area contributed by atoms with Gasteiger partial charge in [-0.2, -0.15) is 5.26 Å². The number of nitriles is 1. The van der Waals surface area contributed by atoms with Crippen molar-refractivity contribution in [2.45, 2.75) is 6.54 Å². The molecule has 3 rings (SSSR count). The molecule has 7 nitrogen and oxygen atoms in total. The van der Waals surface area contributed by atoms with Crippen molar-refractivity contribution in [3.63, 3.8) is 0 Å². The Labute approximate surface area is 135 Å². The van der Waals surface area contributed by atoms with Crippen LogP contribution in [0.3, 0.4) is 0 Å². The summed E-state index contributed by atoms with van der Waals surface area (Å²) in [6.45, 7) is 0.349. The maximum Gasteiger partial charge on any atom is 0.270 e. The molecule has 0 aliphatic carbocycles. The number of nitrogens with one attached hydrogen (secondary N) is 1. The van der Waals surface area contributed by atoms with Crippen molar-refractivity contribution in [3.05, 3.63) is 63.3 Å². The summed E-state index contributed by atoms with van der Waals surface area (Å²) >= 11 is 1.53. The highest BCUT2D eigenvalue weighted by atomic mass is 32.1. The van der Waals surface area contributed by atoms with Crippen LogP contribution in [0.5, 0.6) is 0 Å².